The van der Waals surface area contributed by atoms with E-state index >= 15 is 0 Å². The van der Waals surface area contributed by atoms with Gasteiger partial charge in [0.05, 0.1) is 0 Å². The molecule has 1 fully saturated rings. The number of rotatable bonds is 7. The fourth-order valence-corrected chi connectivity index (χ4v) is 4.37. The number of aromatic nitrogens is 1. The van der Waals surface area contributed by atoms with E-state index in [1.54, 1.807) is 18.2 Å². The molecule has 1 aliphatic heterocycles. The van der Waals surface area contributed by atoms with Crippen molar-refractivity contribution in [1.82, 2.24) is 14.8 Å². The Bertz CT molecular complexity index is 1210. The molecule has 0 radical (unpaired) electrons. The molecule has 0 spiro atoms. The number of benzene rings is 2. The molecular formula is C25H30N6O2. The van der Waals surface area contributed by atoms with Crippen LogP contribution in [0.25, 0.3) is 10.9 Å². The minimum absolute atomic E-state index is 0.0267. The van der Waals surface area contributed by atoms with Gasteiger partial charge in [0.2, 0.25) is 5.91 Å². The normalized spacial score (nSPS) is 16.4. The molecule has 0 aliphatic carbocycles. The number of amides is 2. The molecule has 0 saturated carbocycles. The van der Waals surface area contributed by atoms with Crippen molar-refractivity contribution < 1.29 is 9.59 Å². The largest absolute Gasteiger partial charge is 0.384 e. The SMILES string of the molecule is CC(C)N1CC[C@H](NC(=O)c2cc3ccc(C(=N)N)cc3n2Cc2ccc(C(N)=O)cc2)C1. The summed E-state index contributed by atoms with van der Waals surface area (Å²) < 4.78 is 1.94. The van der Waals surface area contributed by atoms with Crippen LogP contribution >= 0.6 is 0 Å². The van der Waals surface area contributed by atoms with Crippen LogP contribution in [0.4, 0.5) is 0 Å². The first-order chi connectivity index (χ1) is 15.7. The summed E-state index contributed by atoms with van der Waals surface area (Å²) in [4.78, 5) is 27.1. The number of carbonyl (C=O) groups is 2. The van der Waals surface area contributed by atoms with Gasteiger partial charge < -0.3 is 21.4 Å². The summed E-state index contributed by atoms with van der Waals surface area (Å²) >= 11 is 0. The fourth-order valence-electron chi connectivity index (χ4n) is 4.37. The Morgan fingerprint density at radius 2 is 1.79 bits per heavy atom. The van der Waals surface area contributed by atoms with Crippen LogP contribution in [0.3, 0.4) is 0 Å². The molecule has 6 N–H and O–H groups in total. The molecule has 33 heavy (non-hydrogen) atoms. The molecule has 2 amide bonds. The van der Waals surface area contributed by atoms with Crippen molar-refractivity contribution in [3.05, 3.63) is 70.9 Å². The summed E-state index contributed by atoms with van der Waals surface area (Å²) in [5.41, 5.74) is 14.4. The highest BCUT2D eigenvalue weighted by Crippen LogP contribution is 2.24. The van der Waals surface area contributed by atoms with Crippen molar-refractivity contribution >= 4 is 28.6 Å². The van der Waals surface area contributed by atoms with E-state index in [1.165, 1.54) is 0 Å². The highest BCUT2D eigenvalue weighted by molar-refractivity contribution is 6.02. The van der Waals surface area contributed by atoms with Gasteiger partial charge in [0.25, 0.3) is 5.91 Å². The van der Waals surface area contributed by atoms with Crippen LogP contribution in [0.15, 0.2) is 48.5 Å². The number of amidine groups is 1. The maximum absolute atomic E-state index is 13.3. The van der Waals surface area contributed by atoms with Crippen LogP contribution in [0.5, 0.6) is 0 Å². The summed E-state index contributed by atoms with van der Waals surface area (Å²) in [6.07, 6.45) is 0.924. The van der Waals surface area contributed by atoms with Crippen LogP contribution < -0.4 is 16.8 Å². The van der Waals surface area contributed by atoms with E-state index in [2.05, 4.69) is 24.1 Å². The fraction of sp³-hybridized carbons (Fsp3) is 0.320. The Morgan fingerprint density at radius 1 is 1.09 bits per heavy atom. The molecule has 3 aromatic rings. The average molecular weight is 447 g/mol. The van der Waals surface area contributed by atoms with E-state index in [0.29, 0.717) is 29.4 Å². The number of carbonyl (C=O) groups excluding carboxylic acids is 2. The Labute approximate surface area is 193 Å². The molecule has 172 valence electrons. The number of nitrogen functional groups attached to an aromatic ring is 1. The predicted molar refractivity (Wildman–Crippen MR) is 130 cm³/mol. The van der Waals surface area contributed by atoms with Crippen molar-refractivity contribution in [2.24, 2.45) is 11.5 Å². The Hall–Kier alpha value is -3.65. The van der Waals surface area contributed by atoms with Gasteiger partial charge in [-0.25, -0.2) is 0 Å². The molecule has 8 nitrogen and oxygen atoms in total. The zero-order chi connectivity index (χ0) is 23.7. The molecule has 0 bridgehead atoms. The Kier molecular flexibility index (Phi) is 6.20. The summed E-state index contributed by atoms with van der Waals surface area (Å²) in [7, 11) is 0. The van der Waals surface area contributed by atoms with Gasteiger partial charge in [-0.15, -0.1) is 0 Å². The van der Waals surface area contributed by atoms with Gasteiger partial charge in [0, 0.05) is 53.7 Å². The van der Waals surface area contributed by atoms with Crippen LogP contribution in [-0.4, -0.2) is 52.3 Å². The summed E-state index contributed by atoms with van der Waals surface area (Å²) in [5.74, 6) is -0.632. The lowest BCUT2D eigenvalue weighted by Gasteiger charge is -2.20. The number of nitrogens with two attached hydrogens (primary N) is 2. The minimum atomic E-state index is -0.480. The Balaban J connectivity index is 1.68. The number of nitrogens with zero attached hydrogens (tertiary/aromatic N) is 2. The lowest BCUT2D eigenvalue weighted by molar-refractivity contribution is 0.0927. The number of hydrogen-bond acceptors (Lipinski definition) is 4. The lowest BCUT2D eigenvalue weighted by atomic mass is 10.1. The van der Waals surface area contributed by atoms with Crippen molar-refractivity contribution in [2.45, 2.75) is 38.9 Å². The van der Waals surface area contributed by atoms with Gasteiger partial charge >= 0.3 is 0 Å². The van der Waals surface area contributed by atoms with Crippen LogP contribution in [-0.2, 0) is 6.54 Å². The van der Waals surface area contributed by atoms with E-state index in [1.807, 2.05) is 34.9 Å². The van der Waals surface area contributed by atoms with Crippen molar-refractivity contribution in [3.8, 4) is 0 Å². The van der Waals surface area contributed by atoms with Crippen LogP contribution in [0.1, 0.15) is 52.2 Å². The molecule has 1 atom stereocenters. The van der Waals surface area contributed by atoms with E-state index in [0.717, 1.165) is 36.0 Å². The van der Waals surface area contributed by atoms with Gasteiger partial charge in [-0.2, -0.15) is 0 Å². The van der Waals surface area contributed by atoms with Crippen molar-refractivity contribution in [2.75, 3.05) is 13.1 Å². The van der Waals surface area contributed by atoms with Gasteiger partial charge in [-0.1, -0.05) is 24.3 Å². The second-order valence-electron chi connectivity index (χ2n) is 8.91. The smallest absolute Gasteiger partial charge is 0.268 e. The van der Waals surface area contributed by atoms with Crippen LogP contribution in [0, 0.1) is 5.41 Å². The minimum Gasteiger partial charge on any atom is -0.384 e. The standard InChI is InChI=1S/C25H30N6O2/c1-15(2)30-10-9-20(14-30)29-25(33)22-11-18-7-8-19(23(26)27)12-21(18)31(22)13-16-3-5-17(6-4-16)24(28)32/h3-8,11-12,15,20H,9-10,13-14H2,1-2H3,(H3,26,27)(H2,28,32)(H,29,33)/t20-/m0/s1. The second-order valence-corrected chi connectivity index (χ2v) is 8.91. The first-order valence-corrected chi connectivity index (χ1v) is 11.1. The number of nitrogens with one attached hydrogen (secondary N) is 2. The molecule has 1 aromatic heterocycles. The molecule has 8 heteroatoms. The third-order valence-corrected chi connectivity index (χ3v) is 6.31. The van der Waals surface area contributed by atoms with Gasteiger partial charge in [0.1, 0.15) is 11.5 Å². The van der Waals surface area contributed by atoms with Crippen molar-refractivity contribution in [1.29, 1.82) is 5.41 Å². The van der Waals surface area contributed by atoms with E-state index in [9.17, 15) is 9.59 Å². The molecular weight excluding hydrogens is 416 g/mol. The van der Waals surface area contributed by atoms with Crippen LogP contribution in [0.2, 0.25) is 0 Å². The highest BCUT2D eigenvalue weighted by Gasteiger charge is 2.27. The Morgan fingerprint density at radius 3 is 2.39 bits per heavy atom. The third kappa shape index (κ3) is 4.75. The molecule has 1 aliphatic rings. The van der Waals surface area contributed by atoms with E-state index in [-0.39, 0.29) is 17.8 Å². The number of likely N-dealkylation sites (tertiary alicyclic amines) is 1. The first kappa shape index (κ1) is 22.5. The van der Waals surface area contributed by atoms with E-state index in [4.69, 9.17) is 16.9 Å². The summed E-state index contributed by atoms with van der Waals surface area (Å²) in [6.45, 7) is 6.57. The second kappa shape index (κ2) is 9.07. The highest BCUT2D eigenvalue weighted by atomic mass is 16.2. The number of hydrogen-bond donors (Lipinski definition) is 4. The average Bonchev–Trinajstić information content (AvgIpc) is 3.39. The maximum atomic E-state index is 13.3. The monoisotopic (exact) mass is 446 g/mol. The van der Waals surface area contributed by atoms with Gasteiger partial charge in [-0.05, 0) is 50.1 Å². The van der Waals surface area contributed by atoms with Crippen molar-refractivity contribution in [3.63, 3.8) is 0 Å². The predicted octanol–water partition coefficient (Wildman–Crippen LogP) is 2.29. The molecule has 2 heterocycles. The quantitative estimate of drug-likeness (QED) is 0.328. The third-order valence-electron chi connectivity index (χ3n) is 6.31. The molecule has 0 unspecified atom stereocenters. The first-order valence-electron chi connectivity index (χ1n) is 11.1. The van der Waals surface area contributed by atoms with E-state index < -0.39 is 5.91 Å². The number of fused-ring (bicyclic) bond motifs is 1. The lowest BCUT2D eigenvalue weighted by Crippen LogP contribution is -2.39. The maximum Gasteiger partial charge on any atom is 0.268 e. The topological polar surface area (TPSA) is 130 Å². The summed E-state index contributed by atoms with van der Waals surface area (Å²) in [6, 6.07) is 15.0. The molecule has 4 rings (SSSR count). The summed E-state index contributed by atoms with van der Waals surface area (Å²) in [5, 5.41) is 11.9. The van der Waals surface area contributed by atoms with Gasteiger partial charge in [0.15, 0.2) is 0 Å². The molecule has 2 aromatic carbocycles. The zero-order valence-electron chi connectivity index (χ0n) is 19.0. The van der Waals surface area contributed by atoms with Gasteiger partial charge in [-0.3, -0.25) is 19.9 Å². The molecule has 1 saturated heterocycles. The number of primary amides is 1. The zero-order valence-corrected chi connectivity index (χ0v) is 19.0.